The largest absolute Gasteiger partial charge is 0.494 e. The summed E-state index contributed by atoms with van der Waals surface area (Å²) in [4.78, 5) is 16.5. The van der Waals surface area contributed by atoms with Crippen molar-refractivity contribution in [3.8, 4) is 11.9 Å². The minimum atomic E-state index is -0.571. The van der Waals surface area contributed by atoms with Crippen molar-refractivity contribution in [3.05, 3.63) is 27.0 Å². The molecule has 0 bridgehead atoms. The number of hydrogen-bond acceptors (Lipinski definition) is 7. The monoisotopic (exact) mass is 336 g/mol. The van der Waals surface area contributed by atoms with E-state index in [2.05, 4.69) is 9.80 Å². The van der Waals surface area contributed by atoms with E-state index in [1.807, 2.05) is 6.07 Å². The fourth-order valence-corrected chi connectivity index (χ4v) is 3.04. The molecule has 0 amide bonds. The minimum absolute atomic E-state index is 0.00941. The van der Waals surface area contributed by atoms with Gasteiger partial charge in [0.1, 0.15) is 11.6 Å². The van der Waals surface area contributed by atoms with Crippen LogP contribution in [0.1, 0.15) is 16.7 Å². The smallest absolute Gasteiger partial charge is 0.271 e. The third kappa shape index (κ3) is 3.76. The molecule has 0 unspecified atom stereocenters. The summed E-state index contributed by atoms with van der Waals surface area (Å²) < 4.78 is 1.06. The van der Waals surface area contributed by atoms with Gasteiger partial charge in [-0.3, -0.25) is 19.2 Å². The third-order valence-corrected chi connectivity index (χ3v) is 4.51. The van der Waals surface area contributed by atoms with Gasteiger partial charge in [-0.15, -0.1) is 0 Å². The zero-order valence-corrected chi connectivity index (χ0v) is 13.9. The van der Waals surface area contributed by atoms with E-state index >= 15 is 0 Å². The van der Waals surface area contributed by atoms with Crippen LogP contribution in [0.25, 0.3) is 0 Å². The lowest BCUT2D eigenvalue weighted by molar-refractivity contribution is 0.107. The van der Waals surface area contributed by atoms with Gasteiger partial charge in [0, 0.05) is 44.8 Å². The minimum Gasteiger partial charge on any atom is -0.494 e. The van der Waals surface area contributed by atoms with Gasteiger partial charge < -0.3 is 15.3 Å². The van der Waals surface area contributed by atoms with Gasteiger partial charge in [-0.2, -0.15) is 5.26 Å². The van der Waals surface area contributed by atoms with Crippen LogP contribution >= 0.6 is 0 Å². The number of aromatic nitrogens is 1. The Hall–Kier alpha value is -1.92. The highest BCUT2D eigenvalue weighted by Crippen LogP contribution is 2.23. The van der Waals surface area contributed by atoms with Gasteiger partial charge in [0.25, 0.3) is 5.56 Å². The number of β-amino-alcohol motifs (C(OH)–C–C–N with tert-alkyl or cyclic N) is 1. The number of pyridine rings is 1. The van der Waals surface area contributed by atoms with Crippen molar-refractivity contribution in [1.82, 2.24) is 14.4 Å². The molecule has 1 aromatic heterocycles. The highest BCUT2D eigenvalue weighted by molar-refractivity contribution is 5.45. The second kappa shape index (κ2) is 8.26. The average Bonchev–Trinajstić information content (AvgIpc) is 2.58. The summed E-state index contributed by atoms with van der Waals surface area (Å²) in [7, 11) is 0. The van der Waals surface area contributed by atoms with E-state index in [9.17, 15) is 15.2 Å². The topological polar surface area (TPSA) is 113 Å². The Balaban J connectivity index is 2.26. The molecule has 1 aliphatic heterocycles. The quantitative estimate of drug-likeness (QED) is 0.600. The summed E-state index contributed by atoms with van der Waals surface area (Å²) in [5.41, 5.74) is 0.482. The van der Waals surface area contributed by atoms with E-state index in [1.165, 1.54) is 0 Å². The van der Waals surface area contributed by atoms with Crippen molar-refractivity contribution in [3.63, 3.8) is 0 Å². The van der Waals surface area contributed by atoms with E-state index in [-0.39, 0.29) is 31.2 Å². The van der Waals surface area contributed by atoms with E-state index in [0.717, 1.165) is 30.7 Å². The van der Waals surface area contributed by atoms with E-state index in [4.69, 9.17) is 10.2 Å². The Morgan fingerprint density at radius 2 is 1.67 bits per heavy atom. The predicted molar refractivity (Wildman–Crippen MR) is 87.7 cm³/mol. The molecule has 0 atom stereocenters. The summed E-state index contributed by atoms with van der Waals surface area (Å²) in [6.45, 7) is 5.75. The zero-order valence-electron chi connectivity index (χ0n) is 13.9. The van der Waals surface area contributed by atoms with Crippen LogP contribution < -0.4 is 5.56 Å². The molecular weight excluding hydrogens is 312 g/mol. The first kappa shape index (κ1) is 18.4. The number of nitrogens with zero attached hydrogens (tertiary/aromatic N) is 4. The summed E-state index contributed by atoms with van der Waals surface area (Å²) in [5, 5.41) is 37.8. The van der Waals surface area contributed by atoms with Crippen molar-refractivity contribution < 1.29 is 15.3 Å². The van der Waals surface area contributed by atoms with E-state index in [1.54, 1.807) is 6.92 Å². The van der Waals surface area contributed by atoms with Crippen LogP contribution in [-0.4, -0.2) is 75.6 Å². The van der Waals surface area contributed by atoms with E-state index < -0.39 is 5.56 Å². The number of rotatable bonds is 6. The first-order chi connectivity index (χ1) is 11.5. The molecule has 1 aliphatic rings. The normalized spacial score (nSPS) is 16.2. The molecule has 3 N–H and O–H groups in total. The van der Waals surface area contributed by atoms with Gasteiger partial charge in [-0.25, -0.2) is 0 Å². The van der Waals surface area contributed by atoms with Gasteiger partial charge >= 0.3 is 0 Å². The number of aromatic hydroxyl groups is 1. The molecule has 0 aliphatic carbocycles. The fourth-order valence-electron chi connectivity index (χ4n) is 3.04. The molecule has 2 heterocycles. The van der Waals surface area contributed by atoms with Crippen molar-refractivity contribution in [2.75, 3.05) is 45.9 Å². The van der Waals surface area contributed by atoms with Crippen molar-refractivity contribution in [1.29, 1.82) is 5.26 Å². The molecular formula is C16H24N4O4. The number of aliphatic hydroxyl groups is 2. The van der Waals surface area contributed by atoms with Crippen LogP contribution in [0.15, 0.2) is 4.79 Å². The third-order valence-electron chi connectivity index (χ3n) is 4.51. The molecule has 1 aromatic rings. The summed E-state index contributed by atoms with van der Waals surface area (Å²) in [5.74, 6) is -0.177. The molecule has 1 fully saturated rings. The lowest BCUT2D eigenvalue weighted by Crippen LogP contribution is -2.46. The van der Waals surface area contributed by atoms with Crippen molar-refractivity contribution in [2.24, 2.45) is 0 Å². The number of hydrogen-bond donors (Lipinski definition) is 3. The van der Waals surface area contributed by atoms with Crippen LogP contribution in [-0.2, 0) is 13.1 Å². The molecule has 0 spiro atoms. The van der Waals surface area contributed by atoms with Crippen LogP contribution in [0.4, 0.5) is 0 Å². The predicted octanol–water partition coefficient (Wildman–Crippen LogP) is -1.16. The maximum Gasteiger partial charge on any atom is 0.271 e. The van der Waals surface area contributed by atoms with Crippen LogP contribution in [0.2, 0.25) is 0 Å². The lowest BCUT2D eigenvalue weighted by Gasteiger charge is -2.34. The maximum absolute atomic E-state index is 12.2. The molecule has 24 heavy (non-hydrogen) atoms. The number of aliphatic hydroxyl groups excluding tert-OH is 2. The fraction of sp³-hybridized carbons (Fsp3) is 0.625. The Bertz CT molecular complexity index is 672. The molecule has 1 saturated heterocycles. The first-order valence-corrected chi connectivity index (χ1v) is 8.05. The average molecular weight is 336 g/mol. The van der Waals surface area contributed by atoms with Gasteiger partial charge in [0.15, 0.2) is 5.88 Å². The molecule has 132 valence electrons. The molecule has 8 nitrogen and oxygen atoms in total. The number of nitriles is 1. The standard InChI is InChI=1S/C16H24N4O4/c1-12-13(10-17)15(23)20(7-9-22)16(24)14(12)11-19-4-2-18(3-5-19)6-8-21/h21-22,24H,2-9,11H2,1H3. The van der Waals surface area contributed by atoms with Gasteiger partial charge in [0.2, 0.25) is 0 Å². The molecule has 0 radical (unpaired) electrons. The number of piperazine rings is 1. The van der Waals surface area contributed by atoms with Crippen molar-refractivity contribution in [2.45, 2.75) is 20.0 Å². The molecule has 0 saturated carbocycles. The van der Waals surface area contributed by atoms with E-state index in [0.29, 0.717) is 24.2 Å². The Kier molecular flexibility index (Phi) is 6.34. The van der Waals surface area contributed by atoms with Crippen LogP contribution in [0.5, 0.6) is 5.88 Å². The summed E-state index contributed by atoms with van der Waals surface area (Å²) in [6.07, 6.45) is 0. The lowest BCUT2D eigenvalue weighted by atomic mass is 10.0. The van der Waals surface area contributed by atoms with Gasteiger partial charge in [0.05, 0.1) is 19.8 Å². The maximum atomic E-state index is 12.2. The molecule has 2 rings (SSSR count). The van der Waals surface area contributed by atoms with Crippen LogP contribution in [0, 0.1) is 18.3 Å². The highest BCUT2D eigenvalue weighted by atomic mass is 16.3. The van der Waals surface area contributed by atoms with Gasteiger partial charge in [-0.05, 0) is 12.5 Å². The van der Waals surface area contributed by atoms with Crippen molar-refractivity contribution >= 4 is 0 Å². The first-order valence-electron chi connectivity index (χ1n) is 8.05. The summed E-state index contributed by atoms with van der Waals surface area (Å²) >= 11 is 0. The SMILES string of the molecule is Cc1c(CN2CCN(CCO)CC2)c(O)n(CCO)c(=O)c1C#N. The Morgan fingerprint density at radius 3 is 2.21 bits per heavy atom. The molecule has 8 heteroatoms. The van der Waals surface area contributed by atoms with Crippen LogP contribution in [0.3, 0.4) is 0 Å². The summed E-state index contributed by atoms with van der Waals surface area (Å²) in [6, 6.07) is 1.91. The Labute approximate surface area is 140 Å². The Morgan fingerprint density at radius 1 is 1.08 bits per heavy atom. The zero-order chi connectivity index (χ0) is 17.7. The molecule has 0 aromatic carbocycles. The highest BCUT2D eigenvalue weighted by Gasteiger charge is 2.23. The second-order valence-corrected chi connectivity index (χ2v) is 5.94. The second-order valence-electron chi connectivity index (χ2n) is 5.94. The van der Waals surface area contributed by atoms with Gasteiger partial charge in [-0.1, -0.05) is 0 Å².